The molecule has 3 aromatic rings. The van der Waals surface area contributed by atoms with Gasteiger partial charge in [-0.2, -0.15) is 0 Å². The molecule has 3 N–H and O–H groups in total. The number of likely N-dealkylation sites (tertiary alicyclic amines) is 1. The van der Waals surface area contributed by atoms with Gasteiger partial charge in [0, 0.05) is 36.5 Å². The lowest BCUT2D eigenvalue weighted by Gasteiger charge is -2.36. The van der Waals surface area contributed by atoms with Crippen molar-refractivity contribution in [2.45, 2.75) is 76.5 Å². The van der Waals surface area contributed by atoms with Crippen molar-refractivity contribution in [3.63, 3.8) is 0 Å². The van der Waals surface area contributed by atoms with Gasteiger partial charge in [0.2, 0.25) is 11.8 Å². The van der Waals surface area contributed by atoms with Crippen LogP contribution in [0.5, 0.6) is 0 Å². The number of carboxylic acid groups (broad SMARTS) is 1. The summed E-state index contributed by atoms with van der Waals surface area (Å²) in [4.78, 5) is 53.8. The minimum Gasteiger partial charge on any atom is -0.477 e. The fourth-order valence-electron chi connectivity index (χ4n) is 7.09. The fourth-order valence-corrected chi connectivity index (χ4v) is 7.45. The second-order valence-electron chi connectivity index (χ2n) is 13.5. The molecule has 1 unspecified atom stereocenters. The van der Waals surface area contributed by atoms with Crippen molar-refractivity contribution in [3.8, 4) is 0 Å². The van der Waals surface area contributed by atoms with E-state index in [4.69, 9.17) is 16.3 Å². The molecule has 2 heterocycles. The van der Waals surface area contributed by atoms with Crippen LogP contribution in [0.2, 0.25) is 5.02 Å². The number of nitrogens with zero attached hydrogens (tertiary/aromatic N) is 2. The molecule has 3 amide bonds. The number of aryl methyl sites for hydroxylation is 1. The van der Waals surface area contributed by atoms with Gasteiger partial charge in [-0.05, 0) is 82.6 Å². The number of halogens is 2. The molecule has 12 heteroatoms. The number of alkyl halides is 1. The summed E-state index contributed by atoms with van der Waals surface area (Å²) in [6, 6.07) is 13.2. The minimum absolute atomic E-state index is 0.0463. The van der Waals surface area contributed by atoms with Gasteiger partial charge >= 0.3 is 12.1 Å². The highest BCUT2D eigenvalue weighted by Crippen LogP contribution is 2.39. The van der Waals surface area contributed by atoms with Crippen LogP contribution < -0.4 is 10.6 Å². The van der Waals surface area contributed by atoms with Gasteiger partial charge in [0.1, 0.15) is 24.0 Å². The van der Waals surface area contributed by atoms with E-state index >= 15 is 0 Å². The molecule has 0 bridgehead atoms. The number of rotatable bonds is 8. The lowest BCUT2D eigenvalue weighted by molar-refractivity contribution is -0.141. The van der Waals surface area contributed by atoms with Crippen molar-refractivity contribution in [3.05, 3.63) is 64.8 Å². The third-order valence-corrected chi connectivity index (χ3v) is 9.73. The number of hydrogen-bond acceptors (Lipinski definition) is 5. The lowest BCUT2D eigenvalue weighted by Crippen LogP contribution is -2.49. The first kappa shape index (κ1) is 34.2. The molecular formula is C35H42ClFN4O6. The third-order valence-electron chi connectivity index (χ3n) is 9.34. The van der Waals surface area contributed by atoms with E-state index in [1.807, 2.05) is 30.3 Å². The Morgan fingerprint density at radius 1 is 1.04 bits per heavy atom. The minimum atomic E-state index is -1.15. The van der Waals surface area contributed by atoms with Crippen molar-refractivity contribution < 1.29 is 33.4 Å². The lowest BCUT2D eigenvalue weighted by atomic mass is 9.78. The highest BCUT2D eigenvalue weighted by Gasteiger charge is 2.45. The Morgan fingerprint density at radius 2 is 1.72 bits per heavy atom. The summed E-state index contributed by atoms with van der Waals surface area (Å²) < 4.78 is 20.8. The molecule has 2 aromatic carbocycles. The van der Waals surface area contributed by atoms with Gasteiger partial charge < -0.3 is 29.9 Å². The number of hydrogen-bond donors (Lipinski definition) is 3. The van der Waals surface area contributed by atoms with Crippen LogP contribution in [0.25, 0.3) is 10.9 Å². The van der Waals surface area contributed by atoms with E-state index < -0.39 is 36.4 Å². The normalized spacial score (nSPS) is 22.1. The molecule has 1 saturated carbocycles. The molecule has 0 spiro atoms. The zero-order valence-corrected chi connectivity index (χ0v) is 27.9. The number of fused-ring (bicyclic) bond motifs is 1. The molecule has 0 radical (unpaired) electrons. The number of carboxylic acids is 1. The molecule has 252 valence electrons. The van der Waals surface area contributed by atoms with Crippen molar-refractivity contribution in [1.82, 2.24) is 14.8 Å². The van der Waals surface area contributed by atoms with Crippen LogP contribution >= 0.6 is 11.6 Å². The SMILES string of the molecule is Cn1c(C(=O)O)c(Cl)c2cc(NC(=O)[C@@H]3[C@@H](c4ccccc4)CCN3C(=O)[C@H]3CC[C@H](C(CF)NC(=O)OC(C)(C)C)CC3)ccc21. The quantitative estimate of drug-likeness (QED) is 0.251. The predicted octanol–water partition coefficient (Wildman–Crippen LogP) is 6.52. The molecule has 2 aliphatic rings. The summed E-state index contributed by atoms with van der Waals surface area (Å²) in [5, 5.41) is 15.8. The van der Waals surface area contributed by atoms with E-state index in [0.717, 1.165) is 5.56 Å². The Balaban J connectivity index is 1.32. The van der Waals surface area contributed by atoms with E-state index in [0.29, 0.717) is 55.2 Å². The zero-order chi connectivity index (χ0) is 34.0. The Morgan fingerprint density at radius 3 is 2.34 bits per heavy atom. The topological polar surface area (TPSA) is 130 Å². The van der Waals surface area contributed by atoms with Crippen molar-refractivity contribution in [1.29, 1.82) is 0 Å². The number of nitrogens with one attached hydrogen (secondary N) is 2. The van der Waals surface area contributed by atoms with Crippen LogP contribution in [0, 0.1) is 11.8 Å². The molecule has 1 aromatic heterocycles. The Labute approximate surface area is 278 Å². The summed E-state index contributed by atoms with van der Waals surface area (Å²) in [6.45, 7) is 4.92. The summed E-state index contributed by atoms with van der Waals surface area (Å²) in [6.07, 6.45) is 2.11. The fraction of sp³-hybridized carbons (Fsp3) is 0.486. The van der Waals surface area contributed by atoms with E-state index in [2.05, 4.69) is 10.6 Å². The van der Waals surface area contributed by atoms with E-state index in [1.54, 1.807) is 50.9 Å². The van der Waals surface area contributed by atoms with Crippen molar-refractivity contribution in [2.75, 3.05) is 18.5 Å². The maximum atomic E-state index is 14.1. The van der Waals surface area contributed by atoms with E-state index in [1.165, 1.54) is 4.57 Å². The molecule has 10 nitrogen and oxygen atoms in total. The molecule has 1 saturated heterocycles. The second kappa shape index (κ2) is 13.9. The predicted molar refractivity (Wildman–Crippen MR) is 177 cm³/mol. The Hall–Kier alpha value is -4.12. The Bertz CT molecular complexity index is 1650. The van der Waals surface area contributed by atoms with Crippen molar-refractivity contribution in [2.24, 2.45) is 18.9 Å². The Kier molecular flexibility index (Phi) is 10.1. The zero-order valence-electron chi connectivity index (χ0n) is 27.1. The van der Waals surface area contributed by atoms with Gasteiger partial charge in [0.15, 0.2) is 0 Å². The number of carbonyl (C=O) groups excluding carboxylic acids is 3. The van der Waals surface area contributed by atoms with Gasteiger partial charge in [-0.15, -0.1) is 0 Å². The highest BCUT2D eigenvalue weighted by atomic mass is 35.5. The molecular weight excluding hydrogens is 627 g/mol. The molecule has 47 heavy (non-hydrogen) atoms. The number of anilines is 1. The average molecular weight is 669 g/mol. The number of ether oxygens (including phenoxy) is 1. The maximum absolute atomic E-state index is 14.1. The first-order valence-electron chi connectivity index (χ1n) is 16.0. The van der Waals surface area contributed by atoms with Crippen LogP contribution in [0.15, 0.2) is 48.5 Å². The summed E-state index contributed by atoms with van der Waals surface area (Å²) in [5.41, 5.74) is 1.26. The molecule has 3 atom stereocenters. The summed E-state index contributed by atoms with van der Waals surface area (Å²) in [5.74, 6) is -2.29. The molecule has 5 rings (SSSR count). The second-order valence-corrected chi connectivity index (χ2v) is 13.9. The number of carbonyl (C=O) groups is 4. The molecule has 1 aliphatic carbocycles. The van der Waals surface area contributed by atoms with E-state index in [9.17, 15) is 28.7 Å². The van der Waals surface area contributed by atoms with Crippen LogP contribution in [-0.2, 0) is 21.4 Å². The van der Waals surface area contributed by atoms with Crippen LogP contribution in [-0.4, -0.2) is 69.4 Å². The highest BCUT2D eigenvalue weighted by molar-refractivity contribution is 6.38. The number of amides is 3. The van der Waals surface area contributed by atoms with Gasteiger partial charge in [-0.1, -0.05) is 41.9 Å². The van der Waals surface area contributed by atoms with Crippen LogP contribution in [0.4, 0.5) is 14.9 Å². The van der Waals surface area contributed by atoms with Crippen LogP contribution in [0.3, 0.4) is 0 Å². The molecule has 1 aliphatic heterocycles. The number of benzene rings is 2. The smallest absolute Gasteiger partial charge is 0.407 e. The number of aromatic nitrogens is 1. The summed E-state index contributed by atoms with van der Waals surface area (Å²) >= 11 is 6.42. The third kappa shape index (κ3) is 7.40. The first-order valence-corrected chi connectivity index (χ1v) is 16.4. The van der Waals surface area contributed by atoms with E-state index in [-0.39, 0.29) is 40.3 Å². The maximum Gasteiger partial charge on any atom is 0.407 e. The van der Waals surface area contributed by atoms with Gasteiger partial charge in [-0.3, -0.25) is 9.59 Å². The first-order chi connectivity index (χ1) is 22.3. The number of aromatic carboxylic acids is 1. The van der Waals surface area contributed by atoms with Gasteiger partial charge in [0.25, 0.3) is 0 Å². The number of alkyl carbamates (subject to hydrolysis) is 1. The van der Waals surface area contributed by atoms with Gasteiger partial charge in [0.05, 0.1) is 16.6 Å². The average Bonchev–Trinajstić information content (AvgIpc) is 3.58. The van der Waals surface area contributed by atoms with Gasteiger partial charge in [-0.25, -0.2) is 14.0 Å². The monoisotopic (exact) mass is 668 g/mol. The molecule has 2 fully saturated rings. The van der Waals surface area contributed by atoms with Crippen molar-refractivity contribution >= 4 is 52.1 Å². The van der Waals surface area contributed by atoms with Crippen LogP contribution in [0.1, 0.15) is 74.8 Å². The summed E-state index contributed by atoms with van der Waals surface area (Å²) in [7, 11) is 1.62. The largest absolute Gasteiger partial charge is 0.477 e. The standard InChI is InChI=1S/C35H42ClFN4O6/c1-35(2,3)47-34(46)39-26(19-37)21-10-12-22(13-11-21)32(43)41-17-16-24(20-8-6-5-7-9-20)29(41)31(42)38-23-14-15-27-25(18-23)28(36)30(33(44)45)40(27)4/h5-9,14-15,18,21-22,24,26,29H,10-13,16-17,19H2,1-4H3,(H,38,42)(H,39,46)(H,44,45)/t21-,22-,24-,26?,29+/m1/s1.